The van der Waals surface area contributed by atoms with Gasteiger partial charge in [0.1, 0.15) is 0 Å². The van der Waals surface area contributed by atoms with Crippen molar-refractivity contribution in [1.82, 2.24) is 9.78 Å². The first-order valence-electron chi connectivity index (χ1n) is 7.05. The molecule has 0 bridgehead atoms. The lowest BCUT2D eigenvalue weighted by Gasteiger charge is -2.09. The fourth-order valence-electron chi connectivity index (χ4n) is 2.40. The summed E-state index contributed by atoms with van der Waals surface area (Å²) in [6.45, 7) is 0. The van der Waals surface area contributed by atoms with Crippen molar-refractivity contribution >= 4 is 38.3 Å². The number of carbonyl (C=O) groups is 1. The van der Waals surface area contributed by atoms with Crippen molar-refractivity contribution in [3.63, 3.8) is 0 Å². The predicted octanol–water partition coefficient (Wildman–Crippen LogP) is 2.88. The van der Waals surface area contributed by atoms with Crippen molar-refractivity contribution in [3.8, 4) is 0 Å². The van der Waals surface area contributed by atoms with E-state index in [1.807, 2.05) is 36.4 Å². The summed E-state index contributed by atoms with van der Waals surface area (Å²) in [5.74, 6) is -0.177. The molecule has 1 N–H and O–H groups in total. The van der Waals surface area contributed by atoms with Crippen molar-refractivity contribution in [2.45, 2.75) is 6.42 Å². The first kappa shape index (κ1) is 15.4. The van der Waals surface area contributed by atoms with Crippen LogP contribution < -0.4 is 10.9 Å². The molecule has 0 radical (unpaired) electrons. The monoisotopic (exact) mass is 371 g/mol. The Balaban J connectivity index is 1.89. The standard InChI is InChI=1S/C17H14BrN3O2/c1-21-17(23)14-5-3-2-4-13(14)15(20-21)10-16(22)19-12-8-6-11(18)7-9-12/h2-9H,10H2,1H3,(H,19,22). The van der Waals surface area contributed by atoms with Gasteiger partial charge >= 0.3 is 0 Å². The SMILES string of the molecule is Cn1nc(CC(=O)Nc2ccc(Br)cc2)c2ccccc2c1=O. The Morgan fingerprint density at radius 1 is 1.13 bits per heavy atom. The number of hydrogen-bond acceptors (Lipinski definition) is 3. The zero-order chi connectivity index (χ0) is 16.4. The summed E-state index contributed by atoms with van der Waals surface area (Å²) in [4.78, 5) is 24.3. The average Bonchev–Trinajstić information content (AvgIpc) is 2.54. The van der Waals surface area contributed by atoms with Crippen molar-refractivity contribution in [3.05, 3.63) is 69.1 Å². The highest BCUT2D eigenvalue weighted by atomic mass is 79.9. The normalized spacial score (nSPS) is 10.7. The van der Waals surface area contributed by atoms with Crippen molar-refractivity contribution in [2.75, 3.05) is 5.32 Å². The number of nitrogens with one attached hydrogen (secondary N) is 1. The van der Waals surface area contributed by atoms with Crippen LogP contribution in [0, 0.1) is 0 Å². The molecule has 0 aliphatic heterocycles. The molecule has 0 spiro atoms. The summed E-state index contributed by atoms with van der Waals surface area (Å²) in [7, 11) is 1.59. The van der Waals surface area contributed by atoms with Crippen molar-refractivity contribution in [1.29, 1.82) is 0 Å². The highest BCUT2D eigenvalue weighted by Gasteiger charge is 2.12. The smallest absolute Gasteiger partial charge is 0.274 e. The molecule has 6 heteroatoms. The van der Waals surface area contributed by atoms with E-state index in [0.717, 1.165) is 4.47 Å². The first-order valence-corrected chi connectivity index (χ1v) is 7.84. The lowest BCUT2D eigenvalue weighted by atomic mass is 10.1. The lowest BCUT2D eigenvalue weighted by Crippen LogP contribution is -2.24. The summed E-state index contributed by atoms with van der Waals surface area (Å²) in [5.41, 5.74) is 1.13. The van der Waals surface area contributed by atoms with Gasteiger partial charge in [0.05, 0.1) is 17.5 Å². The molecule has 0 aliphatic carbocycles. The first-order chi connectivity index (χ1) is 11.0. The Labute approximate surface area is 141 Å². The van der Waals surface area contributed by atoms with E-state index < -0.39 is 0 Å². The third-order valence-electron chi connectivity index (χ3n) is 3.49. The Kier molecular flexibility index (Phi) is 4.25. The van der Waals surface area contributed by atoms with E-state index in [9.17, 15) is 9.59 Å². The Morgan fingerprint density at radius 3 is 2.48 bits per heavy atom. The topological polar surface area (TPSA) is 64.0 Å². The molecule has 0 saturated carbocycles. The molecule has 1 amide bonds. The maximum atomic E-state index is 12.3. The van der Waals surface area contributed by atoms with Crippen LogP contribution in [0.2, 0.25) is 0 Å². The number of aryl methyl sites for hydroxylation is 1. The van der Waals surface area contributed by atoms with Gasteiger partial charge in [0, 0.05) is 22.6 Å². The van der Waals surface area contributed by atoms with E-state index in [4.69, 9.17) is 0 Å². The number of halogens is 1. The molecule has 23 heavy (non-hydrogen) atoms. The van der Waals surface area contributed by atoms with Gasteiger partial charge in [-0.3, -0.25) is 9.59 Å². The van der Waals surface area contributed by atoms with Gasteiger partial charge < -0.3 is 5.32 Å². The molecule has 0 unspecified atom stereocenters. The molecule has 1 aromatic heterocycles. The molecule has 1 heterocycles. The number of carbonyl (C=O) groups excluding carboxylic acids is 1. The number of rotatable bonds is 3. The van der Waals surface area contributed by atoms with E-state index in [1.165, 1.54) is 4.68 Å². The molecular weight excluding hydrogens is 358 g/mol. The number of nitrogens with zero attached hydrogens (tertiary/aromatic N) is 2. The molecule has 0 fully saturated rings. The van der Waals surface area contributed by atoms with E-state index in [-0.39, 0.29) is 17.9 Å². The predicted molar refractivity (Wildman–Crippen MR) is 93.5 cm³/mol. The molecule has 0 atom stereocenters. The second-order valence-electron chi connectivity index (χ2n) is 5.15. The van der Waals surface area contributed by atoms with Crippen LogP contribution in [-0.4, -0.2) is 15.7 Å². The molecule has 3 rings (SSSR count). The zero-order valence-corrected chi connectivity index (χ0v) is 14.0. The minimum absolute atomic E-state index is 0.102. The molecule has 3 aromatic rings. The van der Waals surface area contributed by atoms with Crippen LogP contribution in [0.1, 0.15) is 5.69 Å². The highest BCUT2D eigenvalue weighted by molar-refractivity contribution is 9.10. The Bertz CT molecular complexity index is 933. The minimum Gasteiger partial charge on any atom is -0.326 e. The minimum atomic E-state index is -0.177. The van der Waals surface area contributed by atoms with E-state index in [1.54, 1.807) is 19.2 Å². The molecule has 0 saturated heterocycles. The third kappa shape index (κ3) is 3.32. The summed E-state index contributed by atoms with van der Waals surface area (Å²) in [6, 6.07) is 14.5. The van der Waals surface area contributed by atoms with Crippen LogP contribution >= 0.6 is 15.9 Å². The Hall–Kier alpha value is -2.47. The van der Waals surface area contributed by atoms with E-state index in [0.29, 0.717) is 22.2 Å². The van der Waals surface area contributed by atoms with Gasteiger partial charge in [0.15, 0.2) is 0 Å². The second kappa shape index (κ2) is 6.34. The second-order valence-corrected chi connectivity index (χ2v) is 6.07. The average molecular weight is 372 g/mol. The number of anilines is 1. The van der Waals surface area contributed by atoms with Gasteiger partial charge in [0.2, 0.25) is 5.91 Å². The number of fused-ring (bicyclic) bond motifs is 1. The van der Waals surface area contributed by atoms with Gasteiger partial charge in [-0.05, 0) is 30.3 Å². The number of hydrogen-bond donors (Lipinski definition) is 1. The number of aromatic nitrogens is 2. The summed E-state index contributed by atoms with van der Waals surface area (Å²) < 4.78 is 2.21. The largest absolute Gasteiger partial charge is 0.326 e. The van der Waals surface area contributed by atoms with Crippen LogP contribution in [0.5, 0.6) is 0 Å². The summed E-state index contributed by atoms with van der Waals surface area (Å²) in [6.07, 6.45) is 0.102. The van der Waals surface area contributed by atoms with Crippen LogP contribution in [-0.2, 0) is 18.3 Å². The quantitative estimate of drug-likeness (QED) is 0.769. The fourth-order valence-corrected chi connectivity index (χ4v) is 2.66. The summed E-state index contributed by atoms with van der Waals surface area (Å²) in [5, 5.41) is 8.34. The molecule has 5 nitrogen and oxygen atoms in total. The summed E-state index contributed by atoms with van der Waals surface area (Å²) >= 11 is 3.35. The van der Waals surface area contributed by atoms with Gasteiger partial charge in [-0.15, -0.1) is 0 Å². The molecule has 116 valence electrons. The van der Waals surface area contributed by atoms with E-state index >= 15 is 0 Å². The zero-order valence-electron chi connectivity index (χ0n) is 12.4. The van der Waals surface area contributed by atoms with Gasteiger partial charge in [0.25, 0.3) is 5.56 Å². The Morgan fingerprint density at radius 2 is 1.78 bits per heavy atom. The number of benzene rings is 2. The van der Waals surface area contributed by atoms with Crippen LogP contribution in [0.25, 0.3) is 10.8 Å². The van der Waals surface area contributed by atoms with Crippen LogP contribution in [0.4, 0.5) is 5.69 Å². The number of amides is 1. The lowest BCUT2D eigenvalue weighted by molar-refractivity contribution is -0.115. The van der Waals surface area contributed by atoms with Crippen molar-refractivity contribution in [2.24, 2.45) is 7.05 Å². The molecular formula is C17H14BrN3O2. The maximum Gasteiger partial charge on any atom is 0.274 e. The van der Waals surface area contributed by atoms with Crippen molar-refractivity contribution < 1.29 is 4.79 Å². The van der Waals surface area contributed by atoms with Gasteiger partial charge in [-0.2, -0.15) is 5.10 Å². The maximum absolute atomic E-state index is 12.3. The third-order valence-corrected chi connectivity index (χ3v) is 4.02. The van der Waals surface area contributed by atoms with Crippen LogP contribution in [0.3, 0.4) is 0 Å². The van der Waals surface area contributed by atoms with E-state index in [2.05, 4.69) is 26.3 Å². The molecule has 2 aromatic carbocycles. The highest BCUT2D eigenvalue weighted by Crippen LogP contribution is 2.16. The van der Waals surface area contributed by atoms with Crippen LogP contribution in [0.15, 0.2) is 57.8 Å². The molecule has 0 aliphatic rings. The van der Waals surface area contributed by atoms with Gasteiger partial charge in [-0.1, -0.05) is 34.1 Å². The fraction of sp³-hybridized carbons (Fsp3) is 0.118. The van der Waals surface area contributed by atoms with Gasteiger partial charge in [-0.25, -0.2) is 4.68 Å².